The summed E-state index contributed by atoms with van der Waals surface area (Å²) in [7, 11) is -2.33. The van der Waals surface area contributed by atoms with Crippen molar-refractivity contribution in [3.63, 3.8) is 0 Å². The number of aromatic nitrogens is 2. The van der Waals surface area contributed by atoms with Crippen LogP contribution in [0.2, 0.25) is 19.6 Å². The van der Waals surface area contributed by atoms with Gasteiger partial charge in [-0.05, 0) is 30.8 Å². The SMILES string of the molecule is C[Si](C)(C)O[C@@H]1[C@H](n2cc(F)c(N)nc2=O)O[C@](CF)(COCc2ccccc2)[C@H]1OCc1ccccc1. The van der Waals surface area contributed by atoms with E-state index in [9.17, 15) is 9.18 Å². The van der Waals surface area contributed by atoms with Gasteiger partial charge in [0.1, 0.15) is 18.9 Å². The Balaban J connectivity index is 1.72. The highest BCUT2D eigenvalue weighted by atomic mass is 28.4. The Morgan fingerprint density at radius 2 is 1.66 bits per heavy atom. The van der Waals surface area contributed by atoms with E-state index in [0.29, 0.717) is 0 Å². The zero-order valence-corrected chi connectivity index (χ0v) is 22.7. The minimum atomic E-state index is -2.33. The molecule has 4 rings (SSSR count). The number of rotatable bonds is 11. The van der Waals surface area contributed by atoms with Gasteiger partial charge in [-0.15, -0.1) is 0 Å². The van der Waals surface area contributed by atoms with Gasteiger partial charge in [-0.25, -0.2) is 13.6 Å². The highest BCUT2D eigenvalue weighted by Crippen LogP contribution is 2.43. The Bertz CT molecular complexity index is 1260. The highest BCUT2D eigenvalue weighted by Gasteiger charge is 2.59. The van der Waals surface area contributed by atoms with Crippen LogP contribution in [-0.4, -0.2) is 49.0 Å². The van der Waals surface area contributed by atoms with Crippen LogP contribution in [-0.2, 0) is 31.9 Å². The van der Waals surface area contributed by atoms with E-state index in [4.69, 9.17) is 24.4 Å². The maximum Gasteiger partial charge on any atom is 0.351 e. The van der Waals surface area contributed by atoms with Crippen molar-refractivity contribution in [2.45, 2.75) is 56.9 Å². The first-order chi connectivity index (χ1) is 18.1. The molecule has 0 radical (unpaired) electrons. The fourth-order valence-electron chi connectivity index (χ4n) is 4.39. The normalized spacial score (nSPS) is 23.6. The quantitative estimate of drug-likeness (QED) is 0.360. The summed E-state index contributed by atoms with van der Waals surface area (Å²) in [6.45, 7) is 5.00. The van der Waals surface area contributed by atoms with Crippen LogP contribution in [0.15, 0.2) is 71.7 Å². The Hall–Kier alpha value is -2.96. The molecule has 0 spiro atoms. The van der Waals surface area contributed by atoms with Gasteiger partial charge < -0.3 is 24.4 Å². The lowest BCUT2D eigenvalue weighted by molar-refractivity contribution is -0.165. The average Bonchev–Trinajstić information content (AvgIpc) is 3.18. The van der Waals surface area contributed by atoms with Crippen molar-refractivity contribution in [1.82, 2.24) is 9.55 Å². The Morgan fingerprint density at radius 1 is 1.05 bits per heavy atom. The molecular weight excluding hydrogens is 512 g/mol. The van der Waals surface area contributed by atoms with Gasteiger partial charge in [-0.2, -0.15) is 4.98 Å². The van der Waals surface area contributed by atoms with Crippen LogP contribution < -0.4 is 11.4 Å². The predicted octanol–water partition coefficient (Wildman–Crippen LogP) is 4.22. The first-order valence-electron chi connectivity index (χ1n) is 12.3. The van der Waals surface area contributed by atoms with Crippen LogP contribution in [0, 0.1) is 5.82 Å². The summed E-state index contributed by atoms with van der Waals surface area (Å²) < 4.78 is 55.4. The van der Waals surface area contributed by atoms with Gasteiger partial charge in [0.2, 0.25) is 0 Å². The minimum absolute atomic E-state index is 0.136. The molecule has 1 fully saturated rings. The molecule has 0 bridgehead atoms. The molecule has 8 nitrogen and oxygen atoms in total. The summed E-state index contributed by atoms with van der Waals surface area (Å²) in [5, 5.41) is 0. The van der Waals surface area contributed by atoms with E-state index in [1.807, 2.05) is 80.3 Å². The number of anilines is 1. The Morgan fingerprint density at radius 3 is 2.24 bits per heavy atom. The van der Waals surface area contributed by atoms with E-state index >= 15 is 4.39 Å². The third-order valence-electron chi connectivity index (χ3n) is 6.11. The van der Waals surface area contributed by atoms with Crippen molar-refractivity contribution >= 4 is 14.1 Å². The number of benzene rings is 2. The predicted molar refractivity (Wildman–Crippen MR) is 141 cm³/mol. The summed E-state index contributed by atoms with van der Waals surface area (Å²) >= 11 is 0. The van der Waals surface area contributed by atoms with Crippen molar-refractivity contribution < 1.29 is 27.4 Å². The van der Waals surface area contributed by atoms with E-state index in [0.717, 1.165) is 21.9 Å². The van der Waals surface area contributed by atoms with Crippen LogP contribution in [0.3, 0.4) is 0 Å². The van der Waals surface area contributed by atoms with Gasteiger partial charge in [0.05, 0.1) is 26.0 Å². The number of ether oxygens (including phenoxy) is 3. The molecule has 1 aliphatic heterocycles. The highest BCUT2D eigenvalue weighted by molar-refractivity contribution is 6.69. The molecular formula is C27H33F2N3O5Si. The molecule has 0 aliphatic carbocycles. The number of nitrogens with two attached hydrogens (primary N) is 1. The largest absolute Gasteiger partial charge is 0.407 e. The first kappa shape index (κ1) is 28.1. The van der Waals surface area contributed by atoms with Gasteiger partial charge in [0.25, 0.3) is 0 Å². The average molecular weight is 546 g/mol. The van der Waals surface area contributed by atoms with Crippen molar-refractivity contribution in [3.8, 4) is 0 Å². The maximum absolute atomic E-state index is 15.1. The van der Waals surface area contributed by atoms with Gasteiger partial charge in [-0.1, -0.05) is 60.7 Å². The van der Waals surface area contributed by atoms with E-state index in [1.54, 1.807) is 0 Å². The van der Waals surface area contributed by atoms with E-state index in [-0.39, 0.29) is 19.8 Å². The van der Waals surface area contributed by atoms with Crippen LogP contribution in [0.25, 0.3) is 0 Å². The fourth-order valence-corrected chi connectivity index (χ4v) is 5.45. The van der Waals surface area contributed by atoms with E-state index in [2.05, 4.69) is 4.98 Å². The number of nitrogen functional groups attached to an aromatic ring is 1. The molecule has 2 heterocycles. The summed E-state index contributed by atoms with van der Waals surface area (Å²) in [5.41, 5.74) is 4.76. The molecule has 1 aliphatic rings. The lowest BCUT2D eigenvalue weighted by atomic mass is 9.97. The second-order valence-corrected chi connectivity index (χ2v) is 14.7. The molecule has 1 saturated heterocycles. The van der Waals surface area contributed by atoms with Gasteiger partial charge in [0.15, 0.2) is 31.8 Å². The Labute approximate surface area is 221 Å². The van der Waals surface area contributed by atoms with Gasteiger partial charge in [0, 0.05) is 0 Å². The molecule has 38 heavy (non-hydrogen) atoms. The second-order valence-electron chi connectivity index (χ2n) is 10.3. The zero-order chi connectivity index (χ0) is 27.3. The third kappa shape index (κ3) is 6.53. The third-order valence-corrected chi connectivity index (χ3v) is 7.09. The standard InChI is InChI=1S/C27H33F2N3O5Si/c1-38(2,3)37-22-23(35-16-20-12-8-5-9-13-20)27(17-28,18-34-15-19-10-6-4-7-11-19)36-25(22)32-14-21(29)24(30)31-26(32)33/h4-14,22-23,25H,15-18H2,1-3H3,(H2,30,31,33)/t22-,23-,25+,27+/m0/s1. The van der Waals surface area contributed by atoms with E-state index in [1.165, 1.54) is 0 Å². The number of hydrogen-bond donors (Lipinski definition) is 1. The van der Waals surface area contributed by atoms with E-state index < -0.39 is 56.4 Å². The fraction of sp³-hybridized carbons (Fsp3) is 0.407. The molecule has 0 saturated carbocycles. The first-order valence-corrected chi connectivity index (χ1v) is 15.8. The molecule has 3 aromatic rings. The van der Waals surface area contributed by atoms with Crippen molar-refractivity contribution in [1.29, 1.82) is 0 Å². The smallest absolute Gasteiger partial charge is 0.351 e. The summed E-state index contributed by atoms with van der Waals surface area (Å²) in [5.74, 6) is -1.44. The Kier molecular flexibility index (Phi) is 8.73. The topological polar surface area (TPSA) is 97.8 Å². The van der Waals surface area contributed by atoms with Crippen molar-refractivity contribution in [3.05, 3.63) is 94.3 Å². The molecule has 11 heteroatoms. The van der Waals surface area contributed by atoms with Crippen LogP contribution in [0.1, 0.15) is 17.4 Å². The number of hydrogen-bond acceptors (Lipinski definition) is 7. The van der Waals surface area contributed by atoms with Crippen LogP contribution >= 0.6 is 0 Å². The molecule has 2 aromatic carbocycles. The van der Waals surface area contributed by atoms with Crippen molar-refractivity contribution in [2.75, 3.05) is 19.0 Å². The molecule has 2 N–H and O–H groups in total. The molecule has 4 atom stereocenters. The minimum Gasteiger partial charge on any atom is -0.407 e. The molecule has 0 amide bonds. The molecule has 204 valence electrons. The lowest BCUT2D eigenvalue weighted by Gasteiger charge is -2.34. The lowest BCUT2D eigenvalue weighted by Crippen LogP contribution is -2.52. The second kappa shape index (κ2) is 11.8. The van der Waals surface area contributed by atoms with Crippen molar-refractivity contribution in [2.24, 2.45) is 0 Å². The van der Waals surface area contributed by atoms with Crippen LogP contribution in [0.5, 0.6) is 0 Å². The van der Waals surface area contributed by atoms with Gasteiger partial charge in [-0.3, -0.25) is 4.57 Å². The summed E-state index contributed by atoms with van der Waals surface area (Å²) in [6.07, 6.45) is -2.27. The van der Waals surface area contributed by atoms with Gasteiger partial charge >= 0.3 is 5.69 Å². The zero-order valence-electron chi connectivity index (χ0n) is 21.7. The number of nitrogens with zero attached hydrogens (tertiary/aromatic N) is 2. The summed E-state index contributed by atoms with van der Waals surface area (Å²) in [4.78, 5) is 16.4. The molecule has 1 aromatic heterocycles. The monoisotopic (exact) mass is 545 g/mol. The van der Waals surface area contributed by atoms with Crippen LogP contribution in [0.4, 0.5) is 14.6 Å². The molecule has 0 unspecified atom stereocenters. The maximum atomic E-state index is 15.1. The summed E-state index contributed by atoms with van der Waals surface area (Å²) in [6, 6.07) is 18.8. The number of halogens is 2. The number of alkyl halides is 1.